The largest absolute Gasteiger partial charge is 0.481 e. The predicted octanol–water partition coefficient (Wildman–Crippen LogP) is 6.76. The fourth-order valence-corrected chi connectivity index (χ4v) is 9.58. The Kier molecular flexibility index (Phi) is 6.71. The summed E-state index contributed by atoms with van der Waals surface area (Å²) in [4.78, 5) is 12.6. The Bertz CT molecular complexity index is 915. The number of rotatable bonds is 6. The molecule has 3 N–H and O–H groups in total. The van der Waals surface area contributed by atoms with Gasteiger partial charge < -0.3 is 15.3 Å². The highest BCUT2D eigenvalue weighted by Gasteiger charge is 2.66. The van der Waals surface area contributed by atoms with Crippen molar-refractivity contribution in [3.63, 3.8) is 0 Å². The van der Waals surface area contributed by atoms with Crippen LogP contribution in [0.25, 0.3) is 0 Å². The molecule has 0 amide bonds. The Hall–Kier alpha value is -1.13. The van der Waals surface area contributed by atoms with Gasteiger partial charge in [0.05, 0.1) is 18.1 Å². The molecular formula is C31H50O4. The second kappa shape index (κ2) is 8.72. The predicted molar refractivity (Wildman–Crippen MR) is 141 cm³/mol. The molecule has 198 valence electrons. The van der Waals surface area contributed by atoms with Crippen molar-refractivity contribution in [2.24, 2.45) is 45.3 Å². The van der Waals surface area contributed by atoms with Gasteiger partial charge in [0.25, 0.3) is 0 Å². The van der Waals surface area contributed by atoms with E-state index >= 15 is 0 Å². The molecule has 0 bridgehead atoms. The van der Waals surface area contributed by atoms with Crippen LogP contribution in [0.3, 0.4) is 0 Å². The zero-order valence-electron chi connectivity index (χ0n) is 23.3. The van der Waals surface area contributed by atoms with E-state index in [2.05, 4.69) is 55.0 Å². The van der Waals surface area contributed by atoms with Gasteiger partial charge in [-0.1, -0.05) is 71.8 Å². The number of carboxylic acid groups (broad SMARTS) is 1. The molecule has 4 nitrogen and oxygen atoms in total. The molecule has 0 aliphatic heterocycles. The maximum absolute atomic E-state index is 12.6. The standard InChI is InChI=1S/C31H50O4/c1-18(2)19(3)9-10-20(27(34)35)26-23(32)17-31(8)22-11-12-24-28(4,5)25(33)14-15-29(24,6)21(22)13-16-30(26,31)7/h18,20,23-26,32-33H,3,9-17H2,1-2,4-8H3,(H,34,35)/t20-,23-,24-,25+,26+,29-,30-,31+/m1/s1. The molecule has 0 spiro atoms. The van der Waals surface area contributed by atoms with Crippen molar-refractivity contribution in [1.29, 1.82) is 0 Å². The topological polar surface area (TPSA) is 77.8 Å². The highest BCUT2D eigenvalue weighted by atomic mass is 16.4. The zero-order valence-corrected chi connectivity index (χ0v) is 23.3. The van der Waals surface area contributed by atoms with E-state index < -0.39 is 18.0 Å². The van der Waals surface area contributed by atoms with Crippen LogP contribution in [0.1, 0.15) is 106 Å². The third-order valence-electron chi connectivity index (χ3n) is 12.1. The molecule has 8 atom stereocenters. The smallest absolute Gasteiger partial charge is 0.306 e. The maximum Gasteiger partial charge on any atom is 0.306 e. The summed E-state index contributed by atoms with van der Waals surface area (Å²) in [5.74, 6) is -0.759. The summed E-state index contributed by atoms with van der Waals surface area (Å²) in [7, 11) is 0. The van der Waals surface area contributed by atoms with E-state index in [1.807, 2.05) is 0 Å². The Morgan fingerprint density at radius 2 is 1.69 bits per heavy atom. The lowest BCUT2D eigenvalue weighted by Gasteiger charge is -2.62. The fourth-order valence-electron chi connectivity index (χ4n) is 9.58. The molecule has 35 heavy (non-hydrogen) atoms. The van der Waals surface area contributed by atoms with Crippen LogP contribution < -0.4 is 0 Å². The van der Waals surface area contributed by atoms with Crippen molar-refractivity contribution in [2.45, 2.75) is 118 Å². The molecule has 4 aliphatic carbocycles. The normalized spacial score (nSPS) is 43.4. The first kappa shape index (κ1) is 26.9. The van der Waals surface area contributed by atoms with Crippen LogP contribution in [0, 0.1) is 45.3 Å². The molecule has 0 aromatic heterocycles. The number of hydrogen-bond acceptors (Lipinski definition) is 3. The summed E-state index contributed by atoms with van der Waals surface area (Å²) >= 11 is 0. The van der Waals surface area contributed by atoms with Gasteiger partial charge in [0.2, 0.25) is 0 Å². The number of fused-ring (bicyclic) bond motifs is 4. The number of aliphatic carboxylic acids is 1. The lowest BCUT2D eigenvalue weighted by atomic mass is 9.43. The van der Waals surface area contributed by atoms with Gasteiger partial charge in [-0.15, -0.1) is 0 Å². The van der Waals surface area contributed by atoms with E-state index in [9.17, 15) is 20.1 Å². The minimum absolute atomic E-state index is 0.0882. The van der Waals surface area contributed by atoms with Gasteiger partial charge in [-0.25, -0.2) is 0 Å². The van der Waals surface area contributed by atoms with Crippen LogP contribution in [0.4, 0.5) is 0 Å². The molecular weight excluding hydrogens is 436 g/mol. The fraction of sp³-hybridized carbons (Fsp3) is 0.839. The molecule has 4 aliphatic rings. The monoisotopic (exact) mass is 486 g/mol. The number of hydrogen-bond donors (Lipinski definition) is 3. The van der Waals surface area contributed by atoms with Crippen molar-refractivity contribution in [2.75, 3.05) is 0 Å². The molecule has 0 saturated heterocycles. The van der Waals surface area contributed by atoms with Gasteiger partial charge in [0.15, 0.2) is 0 Å². The maximum atomic E-state index is 12.6. The molecule has 0 heterocycles. The molecule has 4 heteroatoms. The van der Waals surface area contributed by atoms with Crippen LogP contribution in [-0.2, 0) is 4.79 Å². The van der Waals surface area contributed by atoms with Crippen molar-refractivity contribution in [3.05, 3.63) is 23.3 Å². The molecule has 0 aromatic rings. The Labute approximate surface area is 213 Å². The number of carbonyl (C=O) groups is 1. The van der Waals surface area contributed by atoms with E-state index in [1.165, 1.54) is 5.57 Å². The summed E-state index contributed by atoms with van der Waals surface area (Å²) < 4.78 is 0. The van der Waals surface area contributed by atoms with Crippen LogP contribution in [0.5, 0.6) is 0 Å². The van der Waals surface area contributed by atoms with E-state index in [0.29, 0.717) is 31.1 Å². The number of carboxylic acids is 1. The molecule has 4 rings (SSSR count). The third kappa shape index (κ3) is 3.79. The molecule has 2 saturated carbocycles. The van der Waals surface area contributed by atoms with Crippen LogP contribution in [0.2, 0.25) is 0 Å². The Morgan fingerprint density at radius 1 is 1.03 bits per heavy atom. The van der Waals surface area contributed by atoms with Gasteiger partial charge in [-0.05, 0) is 91.3 Å². The minimum atomic E-state index is -0.769. The molecule has 0 unspecified atom stereocenters. The summed E-state index contributed by atoms with van der Waals surface area (Å²) in [5, 5.41) is 32.7. The van der Waals surface area contributed by atoms with Gasteiger partial charge in [0, 0.05) is 5.92 Å². The first-order chi connectivity index (χ1) is 16.1. The van der Waals surface area contributed by atoms with E-state index in [0.717, 1.165) is 44.1 Å². The second-order valence-corrected chi connectivity index (χ2v) is 14.2. The van der Waals surface area contributed by atoms with Crippen molar-refractivity contribution >= 4 is 5.97 Å². The van der Waals surface area contributed by atoms with E-state index in [-0.39, 0.29) is 33.7 Å². The van der Waals surface area contributed by atoms with Crippen LogP contribution in [-0.4, -0.2) is 33.5 Å². The van der Waals surface area contributed by atoms with Crippen molar-refractivity contribution in [1.82, 2.24) is 0 Å². The van der Waals surface area contributed by atoms with Gasteiger partial charge in [0.1, 0.15) is 0 Å². The van der Waals surface area contributed by atoms with Gasteiger partial charge >= 0.3 is 5.97 Å². The number of aliphatic hydroxyl groups is 2. The van der Waals surface area contributed by atoms with E-state index in [4.69, 9.17) is 0 Å². The van der Waals surface area contributed by atoms with Crippen LogP contribution >= 0.6 is 0 Å². The summed E-state index contributed by atoms with van der Waals surface area (Å²) in [6.07, 6.45) is 6.95. The van der Waals surface area contributed by atoms with Crippen molar-refractivity contribution in [3.8, 4) is 0 Å². The minimum Gasteiger partial charge on any atom is -0.481 e. The second-order valence-electron chi connectivity index (χ2n) is 14.2. The summed E-state index contributed by atoms with van der Waals surface area (Å²) in [5.41, 5.74) is 3.78. The summed E-state index contributed by atoms with van der Waals surface area (Å²) in [6, 6.07) is 0. The quantitative estimate of drug-likeness (QED) is 0.362. The highest BCUT2D eigenvalue weighted by Crippen LogP contribution is 2.72. The number of aliphatic hydroxyl groups excluding tert-OH is 2. The molecule has 0 radical (unpaired) electrons. The van der Waals surface area contributed by atoms with Crippen molar-refractivity contribution < 1.29 is 20.1 Å². The van der Waals surface area contributed by atoms with Crippen LogP contribution in [0.15, 0.2) is 23.3 Å². The first-order valence-electron chi connectivity index (χ1n) is 14.1. The molecule has 0 aromatic carbocycles. The molecule has 2 fully saturated rings. The van der Waals surface area contributed by atoms with Gasteiger partial charge in [-0.2, -0.15) is 0 Å². The SMILES string of the molecule is C=C(CC[C@@H](C(=O)O)[C@H]1[C@H](O)C[C@@]2(C)C3=C(CC[C@]12C)[C@@]1(C)CC[C@H](O)C(C)(C)[C@H]1CC3)C(C)C. The average Bonchev–Trinajstić information content (AvgIpc) is 2.97. The first-order valence-corrected chi connectivity index (χ1v) is 14.1. The third-order valence-corrected chi connectivity index (χ3v) is 12.1. The Balaban J connectivity index is 1.71. The Morgan fingerprint density at radius 3 is 2.29 bits per heavy atom. The highest BCUT2D eigenvalue weighted by molar-refractivity contribution is 5.71. The lowest BCUT2D eigenvalue weighted by molar-refractivity contribution is -0.149. The lowest BCUT2D eigenvalue weighted by Crippen LogP contribution is -2.55. The van der Waals surface area contributed by atoms with Gasteiger partial charge in [-0.3, -0.25) is 4.79 Å². The summed E-state index contributed by atoms with van der Waals surface area (Å²) in [6.45, 7) is 20.0. The zero-order chi connectivity index (χ0) is 26.1. The average molecular weight is 487 g/mol. The van der Waals surface area contributed by atoms with E-state index in [1.54, 1.807) is 5.57 Å². The number of allylic oxidation sites excluding steroid dienone is 3.